The maximum Gasteiger partial charge on any atom is 0.148 e. The van der Waals surface area contributed by atoms with Crippen LogP contribution in [0.4, 0.5) is 0 Å². The van der Waals surface area contributed by atoms with Crippen LogP contribution in [0, 0.1) is 6.92 Å². The van der Waals surface area contributed by atoms with E-state index in [1.807, 2.05) is 6.07 Å². The van der Waals surface area contributed by atoms with Crippen molar-refractivity contribution >= 4 is 11.0 Å². The maximum atomic E-state index is 6.34. The van der Waals surface area contributed by atoms with Gasteiger partial charge < -0.3 is 9.30 Å². The van der Waals surface area contributed by atoms with E-state index >= 15 is 0 Å². The van der Waals surface area contributed by atoms with Gasteiger partial charge in [-0.05, 0) is 54.7 Å². The van der Waals surface area contributed by atoms with Crippen LogP contribution in [-0.4, -0.2) is 9.55 Å². The van der Waals surface area contributed by atoms with E-state index in [1.54, 1.807) is 0 Å². The molecule has 0 N–H and O–H groups in total. The second-order valence-electron chi connectivity index (χ2n) is 7.96. The van der Waals surface area contributed by atoms with Crippen LogP contribution in [-0.2, 0) is 6.61 Å². The number of nitrogens with zero attached hydrogens (tertiary/aromatic N) is 2. The van der Waals surface area contributed by atoms with Crippen LogP contribution in [0.25, 0.3) is 11.0 Å². The van der Waals surface area contributed by atoms with Gasteiger partial charge in [-0.2, -0.15) is 0 Å². The molecule has 0 aliphatic heterocycles. The molecule has 4 rings (SSSR count). The van der Waals surface area contributed by atoms with E-state index in [0.717, 1.165) is 22.6 Å². The van der Waals surface area contributed by atoms with Crippen molar-refractivity contribution in [3.8, 4) is 5.75 Å². The van der Waals surface area contributed by atoms with Gasteiger partial charge in [0.25, 0.3) is 0 Å². The highest BCUT2D eigenvalue weighted by Gasteiger charge is 2.18. The highest BCUT2D eigenvalue weighted by Crippen LogP contribution is 2.30. The predicted molar refractivity (Wildman–Crippen MR) is 120 cm³/mol. The van der Waals surface area contributed by atoms with Crippen molar-refractivity contribution in [2.75, 3.05) is 0 Å². The molecule has 3 aromatic carbocycles. The van der Waals surface area contributed by atoms with E-state index in [0.29, 0.717) is 12.5 Å². The van der Waals surface area contributed by atoms with E-state index < -0.39 is 0 Å². The number of hydrogen-bond donors (Lipinski definition) is 0. The monoisotopic (exact) mass is 384 g/mol. The molecule has 1 heterocycles. The summed E-state index contributed by atoms with van der Waals surface area (Å²) in [5.41, 5.74) is 5.83. The van der Waals surface area contributed by atoms with Crippen molar-refractivity contribution in [3.63, 3.8) is 0 Å². The number of rotatable bonds is 6. The third-order valence-corrected chi connectivity index (χ3v) is 5.49. The minimum Gasteiger partial charge on any atom is -0.485 e. The average molecular weight is 385 g/mol. The van der Waals surface area contributed by atoms with Crippen LogP contribution in [0.2, 0.25) is 0 Å². The Morgan fingerprint density at radius 2 is 1.62 bits per heavy atom. The zero-order chi connectivity index (χ0) is 20.4. The number of imidazole rings is 1. The molecule has 29 heavy (non-hydrogen) atoms. The van der Waals surface area contributed by atoms with Crippen LogP contribution < -0.4 is 4.74 Å². The molecule has 0 aliphatic rings. The zero-order valence-corrected chi connectivity index (χ0v) is 17.6. The first kappa shape index (κ1) is 19.3. The summed E-state index contributed by atoms with van der Waals surface area (Å²) < 4.78 is 8.64. The summed E-state index contributed by atoms with van der Waals surface area (Å²) in [7, 11) is 0. The molecule has 0 saturated carbocycles. The Hall–Kier alpha value is -3.07. The number of hydrogen-bond acceptors (Lipinski definition) is 2. The number of aryl methyl sites for hydroxylation is 1. The molecule has 0 amide bonds. The van der Waals surface area contributed by atoms with Crippen LogP contribution >= 0.6 is 0 Å². The number of para-hydroxylation sites is 2. The highest BCUT2D eigenvalue weighted by molar-refractivity contribution is 5.76. The van der Waals surface area contributed by atoms with E-state index in [2.05, 4.69) is 99.0 Å². The zero-order valence-electron chi connectivity index (χ0n) is 17.6. The van der Waals surface area contributed by atoms with Gasteiger partial charge in [-0.3, -0.25) is 0 Å². The molecule has 0 spiro atoms. The van der Waals surface area contributed by atoms with Gasteiger partial charge in [0.15, 0.2) is 0 Å². The molecular formula is C26H28N2O. The summed E-state index contributed by atoms with van der Waals surface area (Å²) in [5.74, 6) is 2.30. The normalized spacial score (nSPS) is 12.4. The van der Waals surface area contributed by atoms with Crippen molar-refractivity contribution in [1.29, 1.82) is 0 Å². The van der Waals surface area contributed by atoms with Gasteiger partial charge >= 0.3 is 0 Å². The fourth-order valence-electron chi connectivity index (χ4n) is 3.89. The molecule has 0 saturated heterocycles. The van der Waals surface area contributed by atoms with Crippen molar-refractivity contribution in [2.24, 2.45) is 0 Å². The Kier molecular flexibility index (Phi) is 5.39. The Bertz CT molecular complexity index is 1110. The lowest BCUT2D eigenvalue weighted by Crippen LogP contribution is -2.13. The molecule has 0 fully saturated rings. The SMILES string of the molecule is Cc1ccc(C(C)C)c(OCc2nc3ccccc3n2[C@H](C)c2ccccc2)c1. The van der Waals surface area contributed by atoms with Crippen LogP contribution in [0.1, 0.15) is 55.2 Å². The molecule has 0 bridgehead atoms. The Labute approximate surface area is 173 Å². The van der Waals surface area contributed by atoms with Crippen LogP contribution in [0.15, 0.2) is 72.8 Å². The van der Waals surface area contributed by atoms with Gasteiger partial charge in [0.05, 0.1) is 17.1 Å². The lowest BCUT2D eigenvalue weighted by atomic mass is 10.0. The molecule has 0 radical (unpaired) electrons. The van der Waals surface area contributed by atoms with E-state index in [9.17, 15) is 0 Å². The largest absolute Gasteiger partial charge is 0.485 e. The van der Waals surface area contributed by atoms with Gasteiger partial charge in [0.2, 0.25) is 0 Å². The third kappa shape index (κ3) is 3.91. The minimum absolute atomic E-state index is 0.171. The fraction of sp³-hybridized carbons (Fsp3) is 0.269. The summed E-state index contributed by atoms with van der Waals surface area (Å²) >= 11 is 0. The minimum atomic E-state index is 0.171. The first-order valence-electron chi connectivity index (χ1n) is 10.3. The lowest BCUT2D eigenvalue weighted by Gasteiger charge is -2.19. The smallest absolute Gasteiger partial charge is 0.148 e. The predicted octanol–water partition coefficient (Wildman–Crippen LogP) is 6.66. The quantitative estimate of drug-likeness (QED) is 0.372. The molecule has 3 nitrogen and oxygen atoms in total. The number of aromatic nitrogens is 2. The lowest BCUT2D eigenvalue weighted by molar-refractivity contribution is 0.284. The Morgan fingerprint density at radius 1 is 0.897 bits per heavy atom. The molecular weight excluding hydrogens is 356 g/mol. The summed E-state index contributed by atoms with van der Waals surface area (Å²) in [6, 6.07) is 25.5. The van der Waals surface area contributed by atoms with Crippen molar-refractivity contribution in [2.45, 2.75) is 46.3 Å². The van der Waals surface area contributed by atoms with Gasteiger partial charge in [-0.15, -0.1) is 0 Å². The second kappa shape index (κ2) is 8.12. The van der Waals surface area contributed by atoms with Gasteiger partial charge in [-0.1, -0.05) is 68.4 Å². The Morgan fingerprint density at radius 3 is 2.38 bits per heavy atom. The molecule has 0 aliphatic carbocycles. The van der Waals surface area contributed by atoms with Crippen molar-refractivity contribution in [3.05, 3.63) is 95.3 Å². The molecule has 148 valence electrons. The van der Waals surface area contributed by atoms with Crippen molar-refractivity contribution in [1.82, 2.24) is 9.55 Å². The van der Waals surface area contributed by atoms with E-state index in [-0.39, 0.29) is 6.04 Å². The van der Waals surface area contributed by atoms with Gasteiger partial charge in [0.1, 0.15) is 18.2 Å². The third-order valence-electron chi connectivity index (χ3n) is 5.49. The first-order chi connectivity index (χ1) is 14.0. The molecule has 4 aromatic rings. The first-order valence-corrected chi connectivity index (χ1v) is 10.3. The molecule has 1 aromatic heterocycles. The topological polar surface area (TPSA) is 27.1 Å². The van der Waals surface area contributed by atoms with E-state index in [1.165, 1.54) is 16.7 Å². The number of ether oxygens (including phenoxy) is 1. The second-order valence-corrected chi connectivity index (χ2v) is 7.96. The van der Waals surface area contributed by atoms with Gasteiger partial charge in [-0.25, -0.2) is 4.98 Å². The average Bonchev–Trinajstić information content (AvgIpc) is 3.10. The van der Waals surface area contributed by atoms with E-state index in [4.69, 9.17) is 9.72 Å². The summed E-state index contributed by atoms with van der Waals surface area (Å²) in [6.45, 7) is 9.16. The standard InChI is InChI=1S/C26H28N2O/c1-18(2)22-15-14-19(3)16-25(22)29-17-26-27-23-12-8-9-13-24(23)28(26)20(4)21-10-6-5-7-11-21/h5-16,18,20H,17H2,1-4H3/t20-/m1/s1. The van der Waals surface area contributed by atoms with Crippen LogP contribution in [0.5, 0.6) is 5.75 Å². The van der Waals surface area contributed by atoms with Crippen LogP contribution in [0.3, 0.4) is 0 Å². The summed E-state index contributed by atoms with van der Waals surface area (Å²) in [5, 5.41) is 0. The molecule has 3 heteroatoms. The molecule has 0 unspecified atom stereocenters. The number of fused-ring (bicyclic) bond motifs is 1. The maximum absolute atomic E-state index is 6.34. The van der Waals surface area contributed by atoms with Gasteiger partial charge in [0, 0.05) is 0 Å². The summed E-state index contributed by atoms with van der Waals surface area (Å²) in [4.78, 5) is 4.91. The molecule has 1 atom stereocenters. The number of benzene rings is 3. The fourth-order valence-corrected chi connectivity index (χ4v) is 3.89. The summed E-state index contributed by atoms with van der Waals surface area (Å²) in [6.07, 6.45) is 0. The Balaban J connectivity index is 1.72. The highest BCUT2D eigenvalue weighted by atomic mass is 16.5. The van der Waals surface area contributed by atoms with Crippen molar-refractivity contribution < 1.29 is 4.74 Å².